The van der Waals surface area contributed by atoms with Gasteiger partial charge in [-0.3, -0.25) is 0 Å². The van der Waals surface area contributed by atoms with E-state index in [0.29, 0.717) is 44.3 Å². The van der Waals surface area contributed by atoms with Gasteiger partial charge >= 0.3 is 0 Å². The van der Waals surface area contributed by atoms with Crippen LogP contribution in [0.4, 0.5) is 10.1 Å². The van der Waals surface area contributed by atoms with Crippen molar-refractivity contribution in [3.63, 3.8) is 0 Å². The van der Waals surface area contributed by atoms with Crippen molar-refractivity contribution in [3.8, 4) is 0 Å². The van der Waals surface area contributed by atoms with E-state index in [1.807, 2.05) is 0 Å². The van der Waals surface area contributed by atoms with E-state index < -0.39 is 24.4 Å². The second kappa shape index (κ2) is 17.2. The van der Waals surface area contributed by atoms with E-state index in [0.717, 1.165) is 51.4 Å². The van der Waals surface area contributed by atoms with Crippen molar-refractivity contribution in [2.24, 2.45) is 0 Å². The van der Waals surface area contributed by atoms with Crippen molar-refractivity contribution in [3.05, 3.63) is 29.6 Å². The first-order chi connectivity index (χ1) is 17.1. The summed E-state index contributed by atoms with van der Waals surface area (Å²) in [6.07, 6.45) is 5.45. The van der Waals surface area contributed by atoms with Gasteiger partial charge in [-0.25, -0.2) is 4.39 Å². The maximum atomic E-state index is 15.1. The Morgan fingerprint density at radius 3 is 1.91 bits per heavy atom. The van der Waals surface area contributed by atoms with Gasteiger partial charge in [0.15, 0.2) is 0 Å². The largest absolute Gasteiger partial charge is 0.399 e. The van der Waals surface area contributed by atoms with Crippen LogP contribution in [0, 0.1) is 5.82 Å². The molecule has 0 amide bonds. The van der Waals surface area contributed by atoms with Gasteiger partial charge in [-0.05, 0) is 43.9 Å². The lowest BCUT2D eigenvalue weighted by molar-refractivity contribution is -0.268. The van der Waals surface area contributed by atoms with Crippen molar-refractivity contribution >= 4 is 5.69 Å². The highest BCUT2D eigenvalue weighted by atomic mass is 19.1. The molecule has 1 saturated heterocycles. The lowest BCUT2D eigenvalue weighted by Gasteiger charge is -2.46. The molecule has 0 bridgehead atoms. The third-order valence-corrected chi connectivity index (χ3v) is 6.31. The third kappa shape index (κ3) is 9.62. The number of halogens is 1. The minimum absolute atomic E-state index is 0.354. The Balaban J connectivity index is 2.41. The van der Waals surface area contributed by atoms with Gasteiger partial charge < -0.3 is 29.4 Å². The van der Waals surface area contributed by atoms with Gasteiger partial charge in [0.05, 0.1) is 6.61 Å². The summed E-state index contributed by atoms with van der Waals surface area (Å²) in [5, 5.41) is 0. The summed E-state index contributed by atoms with van der Waals surface area (Å²) in [7, 11) is 0. The molecule has 5 atom stereocenters. The highest BCUT2D eigenvalue weighted by Gasteiger charge is 2.49. The van der Waals surface area contributed by atoms with Crippen molar-refractivity contribution in [2.45, 2.75) is 110 Å². The number of nitrogen functional groups attached to an aromatic ring is 1. The number of anilines is 1. The summed E-state index contributed by atoms with van der Waals surface area (Å²) in [6.45, 7) is 11.2. The zero-order valence-electron chi connectivity index (χ0n) is 22.3. The zero-order chi connectivity index (χ0) is 25.5. The Morgan fingerprint density at radius 1 is 0.771 bits per heavy atom. The average molecular weight is 498 g/mol. The highest BCUT2D eigenvalue weighted by molar-refractivity contribution is 5.42. The molecule has 0 aliphatic carbocycles. The monoisotopic (exact) mass is 497 g/mol. The van der Waals surface area contributed by atoms with E-state index in [1.54, 1.807) is 12.1 Å². The topological polar surface area (TPSA) is 72.2 Å². The lowest BCUT2D eigenvalue weighted by Crippen LogP contribution is -2.58. The zero-order valence-corrected chi connectivity index (χ0v) is 22.3. The van der Waals surface area contributed by atoms with E-state index in [1.165, 1.54) is 6.07 Å². The van der Waals surface area contributed by atoms with Gasteiger partial charge in [0.2, 0.25) is 0 Å². The Morgan fingerprint density at radius 2 is 1.31 bits per heavy atom. The number of benzene rings is 1. The second-order valence-electron chi connectivity index (χ2n) is 9.37. The Kier molecular flexibility index (Phi) is 14.8. The van der Waals surface area contributed by atoms with E-state index in [-0.39, 0.29) is 11.9 Å². The van der Waals surface area contributed by atoms with Crippen LogP contribution < -0.4 is 5.73 Å². The molecular formula is C28H48FNO5. The first kappa shape index (κ1) is 30.0. The Hall–Kier alpha value is -1.25. The summed E-state index contributed by atoms with van der Waals surface area (Å²) in [5.41, 5.74) is 6.92. The molecule has 1 aromatic rings. The first-order valence-electron chi connectivity index (χ1n) is 13.7. The number of hydrogen-bond acceptors (Lipinski definition) is 6. The molecule has 7 heteroatoms. The van der Waals surface area contributed by atoms with Crippen molar-refractivity contribution in [1.82, 2.24) is 0 Å². The van der Waals surface area contributed by atoms with Crippen LogP contribution in [0.25, 0.3) is 0 Å². The predicted octanol–water partition coefficient (Wildman–Crippen LogP) is 6.22. The first-order valence-corrected chi connectivity index (χ1v) is 13.7. The van der Waals surface area contributed by atoms with Crippen molar-refractivity contribution < 1.29 is 28.1 Å². The summed E-state index contributed by atoms with van der Waals surface area (Å²) >= 11 is 0. The molecular weight excluding hydrogens is 449 g/mol. The number of rotatable bonds is 18. The Labute approximate surface area is 212 Å². The summed E-state index contributed by atoms with van der Waals surface area (Å²) in [6, 6.07) is 4.60. The van der Waals surface area contributed by atoms with Crippen LogP contribution in [0.15, 0.2) is 18.2 Å². The molecule has 0 radical (unpaired) electrons. The molecule has 1 aromatic carbocycles. The number of unbranched alkanes of at least 4 members (excludes halogenated alkanes) is 4. The fourth-order valence-corrected chi connectivity index (χ4v) is 4.19. The molecule has 1 aliphatic rings. The second-order valence-corrected chi connectivity index (χ2v) is 9.37. The molecule has 0 aromatic heterocycles. The molecule has 1 fully saturated rings. The molecule has 35 heavy (non-hydrogen) atoms. The summed E-state index contributed by atoms with van der Waals surface area (Å²) < 4.78 is 46.8. The standard InChI is InChI=1S/C28H48FNO5/c1-5-9-15-31-20-24-26(32-16-10-6-2)28(34-18-12-8-4)27(33-17-11-7-3)25(35-24)22-19-21(30)13-14-23(22)29/h13-14,19,24-28H,5-12,15-18,20,30H2,1-4H3/t24?,25?,26-,27+,28?/m1/s1. The predicted molar refractivity (Wildman–Crippen MR) is 138 cm³/mol. The normalized spacial score (nSPS) is 24.7. The molecule has 1 aliphatic heterocycles. The number of ether oxygens (including phenoxy) is 5. The maximum absolute atomic E-state index is 15.1. The van der Waals surface area contributed by atoms with Crippen molar-refractivity contribution in [1.29, 1.82) is 0 Å². The fourth-order valence-electron chi connectivity index (χ4n) is 4.19. The van der Waals surface area contributed by atoms with E-state index in [2.05, 4.69) is 27.7 Å². The van der Waals surface area contributed by atoms with Crippen LogP contribution >= 0.6 is 0 Å². The van der Waals surface area contributed by atoms with Crippen LogP contribution in [0.2, 0.25) is 0 Å². The van der Waals surface area contributed by atoms with Crippen LogP contribution in [0.3, 0.4) is 0 Å². The molecule has 2 N–H and O–H groups in total. The summed E-state index contributed by atoms with van der Waals surface area (Å²) in [4.78, 5) is 0. The van der Waals surface area contributed by atoms with Crippen LogP contribution in [-0.4, -0.2) is 57.5 Å². The van der Waals surface area contributed by atoms with Crippen molar-refractivity contribution in [2.75, 3.05) is 38.8 Å². The fraction of sp³-hybridized carbons (Fsp3) is 0.786. The van der Waals surface area contributed by atoms with Crippen LogP contribution in [0.5, 0.6) is 0 Å². The average Bonchev–Trinajstić information content (AvgIpc) is 2.85. The van der Waals surface area contributed by atoms with E-state index >= 15 is 4.39 Å². The summed E-state index contributed by atoms with van der Waals surface area (Å²) in [5.74, 6) is -0.364. The van der Waals surface area contributed by atoms with Gasteiger partial charge in [0.1, 0.15) is 36.3 Å². The molecule has 0 spiro atoms. The quantitative estimate of drug-likeness (QED) is 0.192. The minimum Gasteiger partial charge on any atom is -0.399 e. The molecule has 202 valence electrons. The number of nitrogens with two attached hydrogens (primary N) is 1. The van der Waals surface area contributed by atoms with Crippen LogP contribution in [-0.2, 0) is 23.7 Å². The molecule has 1 heterocycles. The SMILES string of the molecule is CCCCOCC1OC(c2cc(N)ccc2F)[C@H](OCCCC)C(OCCCC)[C@@H]1OCCCC. The van der Waals surface area contributed by atoms with Gasteiger partial charge in [-0.2, -0.15) is 0 Å². The van der Waals surface area contributed by atoms with Gasteiger partial charge in [-0.15, -0.1) is 0 Å². The highest BCUT2D eigenvalue weighted by Crippen LogP contribution is 2.39. The Bertz CT molecular complexity index is 691. The lowest BCUT2D eigenvalue weighted by atomic mass is 9.90. The molecule has 2 rings (SSSR count). The number of hydrogen-bond donors (Lipinski definition) is 1. The van der Waals surface area contributed by atoms with Crippen LogP contribution in [0.1, 0.15) is 90.7 Å². The van der Waals surface area contributed by atoms with Gasteiger partial charge in [0, 0.05) is 37.7 Å². The molecule has 0 saturated carbocycles. The van der Waals surface area contributed by atoms with E-state index in [4.69, 9.17) is 29.4 Å². The van der Waals surface area contributed by atoms with E-state index in [9.17, 15) is 0 Å². The minimum atomic E-state index is -0.673. The smallest absolute Gasteiger partial charge is 0.129 e. The molecule has 3 unspecified atom stereocenters. The molecule has 6 nitrogen and oxygen atoms in total. The van der Waals surface area contributed by atoms with Gasteiger partial charge in [-0.1, -0.05) is 53.4 Å². The van der Waals surface area contributed by atoms with Gasteiger partial charge in [0.25, 0.3) is 0 Å². The third-order valence-electron chi connectivity index (χ3n) is 6.31. The maximum Gasteiger partial charge on any atom is 0.129 e.